The van der Waals surface area contributed by atoms with Gasteiger partial charge in [-0.2, -0.15) is 0 Å². The van der Waals surface area contributed by atoms with Gasteiger partial charge in [-0.25, -0.2) is 4.98 Å². The Morgan fingerprint density at radius 2 is 2.00 bits per heavy atom. The van der Waals surface area contributed by atoms with Crippen molar-refractivity contribution in [2.24, 2.45) is 0 Å². The minimum absolute atomic E-state index is 0.0341. The number of thiazole rings is 1. The molecule has 1 aromatic carbocycles. The Morgan fingerprint density at radius 1 is 1.30 bits per heavy atom. The van der Waals surface area contributed by atoms with E-state index in [1.54, 1.807) is 0 Å². The van der Waals surface area contributed by atoms with Gasteiger partial charge in [0.15, 0.2) is 5.13 Å². The molecule has 0 saturated heterocycles. The van der Waals surface area contributed by atoms with E-state index in [0.717, 1.165) is 29.0 Å². The Labute approximate surface area is 124 Å². The zero-order valence-electron chi connectivity index (χ0n) is 12.1. The van der Waals surface area contributed by atoms with E-state index >= 15 is 0 Å². The molecule has 0 aliphatic rings. The highest BCUT2D eigenvalue weighted by Crippen LogP contribution is 2.26. The third-order valence-electron chi connectivity index (χ3n) is 3.35. The van der Waals surface area contributed by atoms with Gasteiger partial charge in [0.05, 0.1) is 11.6 Å². The van der Waals surface area contributed by atoms with Crippen LogP contribution in [0.3, 0.4) is 0 Å². The third kappa shape index (κ3) is 3.45. The second-order valence-electron chi connectivity index (χ2n) is 4.90. The summed E-state index contributed by atoms with van der Waals surface area (Å²) in [5, 5.41) is 3.65. The van der Waals surface area contributed by atoms with Gasteiger partial charge in [-0.1, -0.05) is 43.7 Å². The van der Waals surface area contributed by atoms with E-state index in [-0.39, 0.29) is 11.8 Å². The van der Waals surface area contributed by atoms with Crippen molar-refractivity contribution in [3.8, 4) is 0 Å². The number of hydrogen-bond acceptors (Lipinski definition) is 3. The smallest absolute Gasteiger partial charge is 0.233 e. The van der Waals surface area contributed by atoms with Gasteiger partial charge in [-0.05, 0) is 25.8 Å². The molecular formula is C16H20N2OS. The van der Waals surface area contributed by atoms with Gasteiger partial charge in [0.2, 0.25) is 5.91 Å². The molecule has 0 saturated carbocycles. The number of nitrogens with one attached hydrogen (secondary N) is 1. The van der Waals surface area contributed by atoms with E-state index in [2.05, 4.69) is 17.2 Å². The molecule has 2 aromatic rings. The van der Waals surface area contributed by atoms with Crippen LogP contribution >= 0.6 is 11.3 Å². The van der Waals surface area contributed by atoms with E-state index in [0.29, 0.717) is 5.13 Å². The van der Waals surface area contributed by atoms with Gasteiger partial charge < -0.3 is 5.32 Å². The molecule has 0 radical (unpaired) electrons. The van der Waals surface area contributed by atoms with Crippen LogP contribution in [-0.4, -0.2) is 10.9 Å². The molecule has 1 amide bonds. The van der Waals surface area contributed by atoms with Crippen LogP contribution in [0.5, 0.6) is 0 Å². The lowest BCUT2D eigenvalue weighted by molar-refractivity contribution is -0.117. The maximum Gasteiger partial charge on any atom is 0.233 e. The number of aryl methyl sites for hydroxylation is 2. The molecule has 3 nitrogen and oxygen atoms in total. The maximum absolute atomic E-state index is 12.5. The number of nitrogens with zero attached hydrogens (tertiary/aromatic N) is 1. The zero-order valence-corrected chi connectivity index (χ0v) is 13.0. The Hall–Kier alpha value is -1.68. The van der Waals surface area contributed by atoms with Crippen LogP contribution in [0.4, 0.5) is 5.13 Å². The molecule has 1 atom stereocenters. The van der Waals surface area contributed by atoms with E-state index in [4.69, 9.17) is 0 Å². The lowest BCUT2D eigenvalue weighted by atomic mass is 9.94. The van der Waals surface area contributed by atoms with Crippen molar-refractivity contribution in [1.29, 1.82) is 0 Å². The highest BCUT2D eigenvalue weighted by atomic mass is 32.1. The third-order valence-corrected chi connectivity index (χ3v) is 4.34. The molecule has 2 rings (SSSR count). The molecule has 4 heteroatoms. The van der Waals surface area contributed by atoms with Crippen LogP contribution in [0, 0.1) is 13.8 Å². The van der Waals surface area contributed by atoms with Gasteiger partial charge in [0.1, 0.15) is 0 Å². The number of hydrogen-bond donors (Lipinski definition) is 1. The summed E-state index contributed by atoms with van der Waals surface area (Å²) < 4.78 is 0. The Bertz CT molecular complexity index is 558. The van der Waals surface area contributed by atoms with Crippen molar-refractivity contribution in [3.05, 3.63) is 46.5 Å². The minimum Gasteiger partial charge on any atom is -0.301 e. The van der Waals surface area contributed by atoms with Crippen LogP contribution in [0.25, 0.3) is 0 Å². The predicted molar refractivity (Wildman–Crippen MR) is 84.3 cm³/mol. The highest BCUT2D eigenvalue weighted by molar-refractivity contribution is 7.15. The van der Waals surface area contributed by atoms with Crippen molar-refractivity contribution < 1.29 is 4.79 Å². The molecule has 0 aliphatic heterocycles. The van der Waals surface area contributed by atoms with Gasteiger partial charge in [-0.3, -0.25) is 4.79 Å². The molecular weight excluding hydrogens is 268 g/mol. The summed E-state index contributed by atoms with van der Waals surface area (Å²) in [5.74, 6) is -0.0717. The van der Waals surface area contributed by atoms with Crippen LogP contribution in [0.15, 0.2) is 30.3 Å². The number of carbonyl (C=O) groups excluding carboxylic acids is 1. The van der Waals surface area contributed by atoms with E-state index in [9.17, 15) is 4.79 Å². The first kappa shape index (κ1) is 14.7. The number of rotatable bonds is 5. The number of amides is 1. The number of benzene rings is 1. The summed E-state index contributed by atoms with van der Waals surface area (Å²) in [5.41, 5.74) is 2.05. The largest absolute Gasteiger partial charge is 0.301 e. The SMILES string of the molecule is CCCC(C(=O)Nc1nc(C)c(C)s1)c1ccccc1. The van der Waals surface area contributed by atoms with Gasteiger partial charge in [-0.15, -0.1) is 11.3 Å². The number of carbonyl (C=O) groups is 1. The average Bonchev–Trinajstić information content (AvgIpc) is 2.75. The molecule has 106 valence electrons. The quantitative estimate of drug-likeness (QED) is 0.892. The van der Waals surface area contributed by atoms with Crippen molar-refractivity contribution in [3.63, 3.8) is 0 Å². The fraction of sp³-hybridized carbons (Fsp3) is 0.375. The van der Waals surface area contributed by atoms with Gasteiger partial charge in [0.25, 0.3) is 0 Å². The minimum atomic E-state index is -0.106. The lowest BCUT2D eigenvalue weighted by Gasteiger charge is -2.15. The zero-order chi connectivity index (χ0) is 14.5. The van der Waals surface area contributed by atoms with E-state index in [1.807, 2.05) is 44.2 Å². The van der Waals surface area contributed by atoms with Crippen molar-refractivity contribution >= 4 is 22.4 Å². The van der Waals surface area contributed by atoms with Gasteiger partial charge in [0, 0.05) is 4.88 Å². The topological polar surface area (TPSA) is 42.0 Å². The molecule has 0 bridgehead atoms. The van der Waals surface area contributed by atoms with Crippen LogP contribution in [0.1, 0.15) is 41.8 Å². The van der Waals surface area contributed by atoms with Crippen molar-refractivity contribution in [2.45, 2.75) is 39.5 Å². The Balaban J connectivity index is 2.15. The lowest BCUT2D eigenvalue weighted by Crippen LogP contribution is -2.21. The molecule has 1 aromatic heterocycles. The molecule has 0 spiro atoms. The summed E-state index contributed by atoms with van der Waals surface area (Å²) in [6.07, 6.45) is 1.82. The molecule has 1 N–H and O–H groups in total. The second-order valence-corrected chi connectivity index (χ2v) is 6.11. The number of anilines is 1. The molecule has 1 heterocycles. The first-order chi connectivity index (χ1) is 9.61. The molecule has 20 heavy (non-hydrogen) atoms. The fourth-order valence-electron chi connectivity index (χ4n) is 2.14. The van der Waals surface area contributed by atoms with Crippen LogP contribution in [-0.2, 0) is 4.79 Å². The van der Waals surface area contributed by atoms with Crippen LogP contribution in [0.2, 0.25) is 0 Å². The van der Waals surface area contributed by atoms with E-state index in [1.165, 1.54) is 11.3 Å². The van der Waals surface area contributed by atoms with Crippen molar-refractivity contribution in [2.75, 3.05) is 5.32 Å². The molecule has 0 fully saturated rings. The monoisotopic (exact) mass is 288 g/mol. The average molecular weight is 288 g/mol. The summed E-state index contributed by atoms with van der Waals surface area (Å²) in [4.78, 5) is 18.0. The number of aromatic nitrogens is 1. The second kappa shape index (κ2) is 6.66. The van der Waals surface area contributed by atoms with Crippen molar-refractivity contribution in [1.82, 2.24) is 4.98 Å². The summed E-state index contributed by atoms with van der Waals surface area (Å²) >= 11 is 1.53. The normalized spacial score (nSPS) is 12.2. The first-order valence-electron chi connectivity index (χ1n) is 6.91. The Kier molecular flexibility index (Phi) is 4.90. The maximum atomic E-state index is 12.5. The molecule has 0 aliphatic carbocycles. The summed E-state index contributed by atoms with van der Waals surface area (Å²) in [7, 11) is 0. The standard InChI is InChI=1S/C16H20N2OS/c1-4-8-14(13-9-6-5-7-10-13)15(19)18-16-17-11(2)12(3)20-16/h5-7,9-10,14H,4,8H2,1-3H3,(H,17,18,19). The molecule has 1 unspecified atom stereocenters. The fourth-order valence-corrected chi connectivity index (χ4v) is 2.96. The predicted octanol–water partition coefficient (Wildman–Crippen LogP) is 4.28. The first-order valence-corrected chi connectivity index (χ1v) is 7.73. The Morgan fingerprint density at radius 3 is 2.55 bits per heavy atom. The summed E-state index contributed by atoms with van der Waals surface area (Å²) in [6.45, 7) is 6.08. The highest BCUT2D eigenvalue weighted by Gasteiger charge is 2.20. The van der Waals surface area contributed by atoms with Crippen LogP contribution < -0.4 is 5.32 Å². The van der Waals surface area contributed by atoms with E-state index < -0.39 is 0 Å². The summed E-state index contributed by atoms with van der Waals surface area (Å²) in [6, 6.07) is 9.94. The van der Waals surface area contributed by atoms with Gasteiger partial charge >= 0.3 is 0 Å².